The standard InChI is InChI=1S/C23H22N2O3.ClH/c26-22-18-8-3-2-7-17(18)21-20(22)16-6-1-4-9-19(16)23(27)25(21)11-5-10-24-12-14-28-15-13-24;/h1-4,6-9H,5,10-15H2;1H. The Labute approximate surface area is 175 Å². The van der Waals surface area contributed by atoms with E-state index in [9.17, 15) is 9.59 Å². The first-order valence-corrected chi connectivity index (χ1v) is 9.85. The van der Waals surface area contributed by atoms with Crippen molar-refractivity contribution in [3.05, 3.63) is 70.0 Å². The number of carbonyl (C=O) groups is 1. The van der Waals surface area contributed by atoms with Crippen molar-refractivity contribution >= 4 is 29.0 Å². The molecule has 29 heavy (non-hydrogen) atoms. The maximum atomic E-state index is 13.3. The van der Waals surface area contributed by atoms with E-state index in [1.54, 1.807) is 0 Å². The summed E-state index contributed by atoms with van der Waals surface area (Å²) < 4.78 is 7.23. The van der Waals surface area contributed by atoms with Crippen LogP contribution in [-0.2, 0) is 11.3 Å². The lowest BCUT2D eigenvalue weighted by atomic mass is 10.0. The van der Waals surface area contributed by atoms with Crippen LogP contribution in [0.2, 0.25) is 0 Å². The van der Waals surface area contributed by atoms with E-state index < -0.39 is 0 Å². The van der Waals surface area contributed by atoms with Crippen molar-refractivity contribution in [2.24, 2.45) is 0 Å². The quantitative estimate of drug-likeness (QED) is 0.517. The highest BCUT2D eigenvalue weighted by atomic mass is 35.5. The second-order valence-electron chi connectivity index (χ2n) is 7.41. The van der Waals surface area contributed by atoms with Crippen LogP contribution in [0.4, 0.5) is 0 Å². The Morgan fingerprint density at radius 2 is 1.48 bits per heavy atom. The molecule has 3 aromatic rings. The summed E-state index contributed by atoms with van der Waals surface area (Å²) in [5, 5.41) is 1.38. The summed E-state index contributed by atoms with van der Waals surface area (Å²) in [5.41, 5.74) is 3.00. The Balaban J connectivity index is 0.00000205. The van der Waals surface area contributed by atoms with Gasteiger partial charge in [-0.25, -0.2) is 0 Å². The molecule has 0 amide bonds. The minimum Gasteiger partial charge on any atom is -0.379 e. The van der Waals surface area contributed by atoms with Crippen molar-refractivity contribution in [3.63, 3.8) is 0 Å². The zero-order chi connectivity index (χ0) is 19.1. The molecule has 0 spiro atoms. The van der Waals surface area contributed by atoms with E-state index >= 15 is 0 Å². The molecule has 0 saturated carbocycles. The van der Waals surface area contributed by atoms with E-state index in [0.717, 1.165) is 55.9 Å². The van der Waals surface area contributed by atoms with Gasteiger partial charge in [-0.3, -0.25) is 14.5 Å². The summed E-state index contributed by atoms with van der Waals surface area (Å²) in [5.74, 6) is 0.0173. The van der Waals surface area contributed by atoms with E-state index in [1.807, 2.05) is 53.1 Å². The molecule has 0 bridgehead atoms. The predicted octanol–water partition coefficient (Wildman–Crippen LogP) is 3.36. The van der Waals surface area contributed by atoms with Crippen molar-refractivity contribution in [2.75, 3.05) is 32.8 Å². The number of halogens is 1. The van der Waals surface area contributed by atoms with Gasteiger partial charge in [0.2, 0.25) is 0 Å². The smallest absolute Gasteiger partial charge is 0.258 e. The summed E-state index contributed by atoms with van der Waals surface area (Å²) in [6.07, 6.45) is 0.862. The van der Waals surface area contributed by atoms with Crippen molar-refractivity contribution in [2.45, 2.75) is 13.0 Å². The highest BCUT2D eigenvalue weighted by Crippen LogP contribution is 2.39. The van der Waals surface area contributed by atoms with E-state index in [1.165, 1.54) is 0 Å². The van der Waals surface area contributed by atoms with Crippen molar-refractivity contribution < 1.29 is 9.53 Å². The first-order valence-electron chi connectivity index (χ1n) is 9.85. The van der Waals surface area contributed by atoms with Crippen LogP contribution >= 0.6 is 12.4 Å². The SMILES string of the molecule is Cl.O=C1c2ccccc2-c2c1c1ccccc1c(=O)n2CCCN1CCOCC1. The zero-order valence-corrected chi connectivity index (χ0v) is 16.9. The summed E-state index contributed by atoms with van der Waals surface area (Å²) in [6, 6.07) is 15.1. The number of nitrogens with zero attached hydrogens (tertiary/aromatic N) is 2. The van der Waals surface area contributed by atoms with Crippen LogP contribution in [0.1, 0.15) is 22.3 Å². The van der Waals surface area contributed by atoms with Gasteiger partial charge in [-0.15, -0.1) is 12.4 Å². The van der Waals surface area contributed by atoms with Crippen LogP contribution in [0.25, 0.3) is 22.0 Å². The second-order valence-corrected chi connectivity index (χ2v) is 7.41. The van der Waals surface area contributed by atoms with Crippen LogP contribution in [0.5, 0.6) is 0 Å². The maximum Gasteiger partial charge on any atom is 0.258 e. The van der Waals surface area contributed by atoms with E-state index in [2.05, 4.69) is 4.90 Å². The minimum atomic E-state index is -0.0131. The fraction of sp³-hybridized carbons (Fsp3) is 0.304. The molecule has 0 atom stereocenters. The number of hydrogen-bond donors (Lipinski definition) is 0. The first kappa shape index (κ1) is 19.8. The van der Waals surface area contributed by atoms with Crippen LogP contribution in [-0.4, -0.2) is 48.1 Å². The number of pyridine rings is 1. The van der Waals surface area contributed by atoms with E-state index in [4.69, 9.17) is 4.74 Å². The fourth-order valence-corrected chi connectivity index (χ4v) is 4.42. The van der Waals surface area contributed by atoms with E-state index in [0.29, 0.717) is 23.1 Å². The number of morpholine rings is 1. The third-order valence-corrected chi connectivity index (χ3v) is 5.79. The number of benzene rings is 2. The average molecular weight is 411 g/mol. The summed E-state index contributed by atoms with van der Waals surface area (Å²) in [6.45, 7) is 4.94. The summed E-state index contributed by atoms with van der Waals surface area (Å²) in [4.78, 5) is 28.8. The Hall–Kier alpha value is -2.47. The number of aromatic nitrogens is 1. The van der Waals surface area contributed by atoms with E-state index in [-0.39, 0.29) is 23.7 Å². The molecular weight excluding hydrogens is 388 g/mol. The molecule has 5 nitrogen and oxygen atoms in total. The Morgan fingerprint density at radius 3 is 2.24 bits per heavy atom. The molecule has 6 heteroatoms. The number of fused-ring (bicyclic) bond motifs is 5. The molecule has 1 aromatic heterocycles. The van der Waals surface area contributed by atoms with Gasteiger partial charge in [0.05, 0.1) is 24.5 Å². The lowest BCUT2D eigenvalue weighted by Gasteiger charge is -2.26. The fourth-order valence-electron chi connectivity index (χ4n) is 4.42. The number of ether oxygens (including phenoxy) is 1. The minimum absolute atomic E-state index is 0. The Morgan fingerprint density at radius 1 is 0.828 bits per heavy atom. The number of carbonyl (C=O) groups excluding carboxylic acids is 1. The molecule has 0 N–H and O–H groups in total. The molecule has 1 fully saturated rings. The third-order valence-electron chi connectivity index (χ3n) is 5.79. The topological polar surface area (TPSA) is 51.5 Å². The molecule has 1 aliphatic heterocycles. The monoisotopic (exact) mass is 410 g/mol. The molecule has 150 valence electrons. The lowest BCUT2D eigenvalue weighted by molar-refractivity contribution is 0.0369. The highest BCUT2D eigenvalue weighted by Gasteiger charge is 2.32. The van der Waals surface area contributed by atoms with Crippen LogP contribution < -0.4 is 5.56 Å². The van der Waals surface area contributed by atoms with Gasteiger partial charge in [0.25, 0.3) is 5.56 Å². The van der Waals surface area contributed by atoms with Crippen molar-refractivity contribution in [1.29, 1.82) is 0 Å². The van der Waals surface area contributed by atoms with Crippen molar-refractivity contribution in [3.8, 4) is 11.3 Å². The predicted molar refractivity (Wildman–Crippen MR) is 116 cm³/mol. The molecule has 1 aliphatic carbocycles. The molecule has 2 aromatic carbocycles. The third kappa shape index (κ3) is 3.29. The lowest BCUT2D eigenvalue weighted by Crippen LogP contribution is -2.37. The molecular formula is C23H23ClN2O3. The Kier molecular flexibility index (Phi) is 5.54. The first-order chi connectivity index (χ1) is 13.8. The van der Waals surface area contributed by atoms with Crippen LogP contribution in [0.15, 0.2) is 53.3 Å². The van der Waals surface area contributed by atoms with Crippen LogP contribution in [0.3, 0.4) is 0 Å². The zero-order valence-electron chi connectivity index (χ0n) is 16.1. The highest BCUT2D eigenvalue weighted by molar-refractivity contribution is 6.26. The molecule has 0 radical (unpaired) electrons. The van der Waals surface area contributed by atoms with Gasteiger partial charge in [0.15, 0.2) is 5.78 Å². The molecule has 5 rings (SSSR count). The van der Waals surface area contributed by atoms with Gasteiger partial charge in [0.1, 0.15) is 0 Å². The molecule has 1 saturated heterocycles. The number of hydrogen-bond acceptors (Lipinski definition) is 4. The second kappa shape index (κ2) is 8.11. The van der Waals surface area contributed by atoms with Gasteiger partial charge in [-0.2, -0.15) is 0 Å². The van der Waals surface area contributed by atoms with Gasteiger partial charge in [-0.05, 0) is 12.5 Å². The van der Waals surface area contributed by atoms with Gasteiger partial charge >= 0.3 is 0 Å². The number of ketones is 1. The average Bonchev–Trinajstić information content (AvgIpc) is 3.04. The number of rotatable bonds is 4. The van der Waals surface area contributed by atoms with Gasteiger partial charge in [0, 0.05) is 48.1 Å². The maximum absolute atomic E-state index is 13.3. The molecule has 2 heterocycles. The van der Waals surface area contributed by atoms with Crippen LogP contribution in [0, 0.1) is 0 Å². The largest absolute Gasteiger partial charge is 0.379 e. The summed E-state index contributed by atoms with van der Waals surface area (Å²) in [7, 11) is 0. The van der Waals surface area contributed by atoms with Gasteiger partial charge in [-0.1, -0.05) is 42.5 Å². The molecule has 2 aliphatic rings. The Bertz CT molecular complexity index is 1130. The molecule has 0 unspecified atom stereocenters. The van der Waals surface area contributed by atoms with Crippen molar-refractivity contribution in [1.82, 2.24) is 9.47 Å². The normalized spacial score (nSPS) is 15.8. The summed E-state index contributed by atoms with van der Waals surface area (Å²) >= 11 is 0. The van der Waals surface area contributed by atoms with Gasteiger partial charge < -0.3 is 9.30 Å².